The molecule has 1 aliphatic rings. The van der Waals surface area contributed by atoms with E-state index in [2.05, 4.69) is 55.3 Å². The van der Waals surface area contributed by atoms with Gasteiger partial charge in [0.25, 0.3) is 11.8 Å². The van der Waals surface area contributed by atoms with Gasteiger partial charge in [0.1, 0.15) is 0 Å². The maximum atomic E-state index is 13.6. The number of benzene rings is 3. The standard InChI is InChI=1S/C33H39N3O2S/c1-4-19-35(20-5-2)21-9-18-34-32(37)28-16-14-26(15-17-28)23-31-33(38)36(24-27-11-8-10-25(3)22-27)29-12-6-7-13-30(29)39-31/h6-8,10-17,22-23H,4-5,9,18-21,24H2,1-3H3,(H,34,37)/b31-23-. The van der Waals surface area contributed by atoms with Crippen molar-refractivity contribution in [2.45, 2.75) is 51.5 Å². The first kappa shape index (κ1) is 28.7. The number of para-hydroxylation sites is 1. The summed E-state index contributed by atoms with van der Waals surface area (Å²) in [5.41, 5.74) is 4.74. The zero-order valence-electron chi connectivity index (χ0n) is 23.3. The van der Waals surface area contributed by atoms with Gasteiger partial charge in [-0.2, -0.15) is 0 Å². The van der Waals surface area contributed by atoms with E-state index in [1.807, 2.05) is 59.5 Å². The number of aryl methyl sites for hydroxylation is 1. The molecule has 0 aromatic heterocycles. The molecule has 0 saturated carbocycles. The van der Waals surface area contributed by atoms with Gasteiger partial charge in [-0.15, -0.1) is 0 Å². The Kier molecular flexibility index (Phi) is 10.4. The van der Waals surface area contributed by atoms with Crippen molar-refractivity contribution in [2.75, 3.05) is 31.1 Å². The summed E-state index contributed by atoms with van der Waals surface area (Å²) in [6.45, 7) is 10.9. The summed E-state index contributed by atoms with van der Waals surface area (Å²) < 4.78 is 0. The van der Waals surface area contributed by atoms with E-state index in [9.17, 15) is 9.59 Å². The molecule has 2 amide bonds. The molecule has 0 atom stereocenters. The Hall–Kier alpha value is -3.35. The second kappa shape index (κ2) is 14.2. The Morgan fingerprint density at radius 3 is 2.41 bits per heavy atom. The van der Waals surface area contributed by atoms with Crippen LogP contribution in [0.2, 0.25) is 0 Å². The van der Waals surface area contributed by atoms with E-state index in [-0.39, 0.29) is 11.8 Å². The average Bonchev–Trinajstić information content (AvgIpc) is 2.94. The number of rotatable bonds is 12. The third-order valence-corrected chi connectivity index (χ3v) is 7.82. The van der Waals surface area contributed by atoms with Crippen molar-refractivity contribution in [3.63, 3.8) is 0 Å². The Balaban J connectivity index is 1.41. The number of carbonyl (C=O) groups excluding carboxylic acids is 2. The molecule has 0 fully saturated rings. The number of amides is 2. The molecule has 1 heterocycles. The Labute approximate surface area is 237 Å². The molecule has 0 aliphatic carbocycles. The van der Waals surface area contributed by atoms with Gasteiger partial charge in [0.2, 0.25) is 0 Å². The molecule has 0 bridgehead atoms. The maximum absolute atomic E-state index is 13.6. The number of nitrogens with zero attached hydrogens (tertiary/aromatic N) is 2. The molecule has 39 heavy (non-hydrogen) atoms. The first-order valence-corrected chi connectivity index (χ1v) is 14.8. The van der Waals surface area contributed by atoms with Gasteiger partial charge >= 0.3 is 0 Å². The second-order valence-corrected chi connectivity index (χ2v) is 11.1. The van der Waals surface area contributed by atoms with Crippen LogP contribution in [0.1, 0.15) is 60.2 Å². The van der Waals surface area contributed by atoms with Gasteiger partial charge in [-0.3, -0.25) is 9.59 Å². The molecule has 4 rings (SSSR count). The van der Waals surface area contributed by atoms with Crippen molar-refractivity contribution < 1.29 is 9.59 Å². The normalized spacial score (nSPS) is 14.1. The molecular formula is C33H39N3O2S. The fourth-order valence-corrected chi connectivity index (χ4v) is 5.93. The molecule has 0 radical (unpaired) electrons. The lowest BCUT2D eigenvalue weighted by molar-refractivity contribution is -0.114. The predicted octanol–water partition coefficient (Wildman–Crippen LogP) is 6.92. The van der Waals surface area contributed by atoms with Crippen LogP contribution < -0.4 is 10.2 Å². The third kappa shape index (κ3) is 7.84. The number of hydrogen-bond acceptors (Lipinski definition) is 4. The van der Waals surface area contributed by atoms with Crippen LogP contribution in [-0.4, -0.2) is 42.9 Å². The fourth-order valence-electron chi connectivity index (χ4n) is 4.87. The number of carbonyl (C=O) groups is 2. The SMILES string of the molecule is CCCN(CCC)CCCNC(=O)c1ccc(/C=C2\Sc3ccccc3N(Cc3cccc(C)c3)C2=O)cc1. The van der Waals surface area contributed by atoms with Gasteiger partial charge in [-0.1, -0.05) is 79.7 Å². The minimum absolute atomic E-state index is 0.0118. The Bertz CT molecular complexity index is 1300. The molecule has 3 aromatic rings. The largest absolute Gasteiger partial charge is 0.352 e. The van der Waals surface area contributed by atoms with Crippen LogP contribution in [0.4, 0.5) is 5.69 Å². The van der Waals surface area contributed by atoms with Crippen LogP contribution in [0.15, 0.2) is 82.6 Å². The third-order valence-electron chi connectivity index (χ3n) is 6.74. The van der Waals surface area contributed by atoms with Gasteiger partial charge in [0, 0.05) is 17.0 Å². The van der Waals surface area contributed by atoms with Crippen molar-refractivity contribution in [1.82, 2.24) is 10.2 Å². The van der Waals surface area contributed by atoms with Gasteiger partial charge in [-0.05, 0) is 87.3 Å². The molecule has 6 heteroatoms. The monoisotopic (exact) mass is 541 g/mol. The molecule has 5 nitrogen and oxygen atoms in total. The highest BCUT2D eigenvalue weighted by molar-refractivity contribution is 8.04. The summed E-state index contributed by atoms with van der Waals surface area (Å²) in [5, 5.41) is 3.04. The highest BCUT2D eigenvalue weighted by atomic mass is 32.2. The highest BCUT2D eigenvalue weighted by Crippen LogP contribution is 2.42. The van der Waals surface area contributed by atoms with E-state index in [0.29, 0.717) is 23.6 Å². The van der Waals surface area contributed by atoms with Gasteiger partial charge < -0.3 is 15.1 Å². The lowest BCUT2D eigenvalue weighted by Crippen LogP contribution is -2.33. The van der Waals surface area contributed by atoms with Crippen LogP contribution in [0.5, 0.6) is 0 Å². The van der Waals surface area contributed by atoms with Gasteiger partial charge in [-0.25, -0.2) is 0 Å². The molecule has 1 aliphatic heterocycles. The molecule has 1 N–H and O–H groups in total. The van der Waals surface area contributed by atoms with E-state index >= 15 is 0 Å². The van der Waals surface area contributed by atoms with Crippen LogP contribution >= 0.6 is 11.8 Å². The molecule has 3 aromatic carbocycles. The van der Waals surface area contributed by atoms with Crippen molar-refractivity contribution in [3.8, 4) is 0 Å². The predicted molar refractivity (Wildman–Crippen MR) is 163 cm³/mol. The lowest BCUT2D eigenvalue weighted by atomic mass is 10.1. The summed E-state index contributed by atoms with van der Waals surface area (Å²) in [6, 6.07) is 23.8. The van der Waals surface area contributed by atoms with Crippen LogP contribution in [0.25, 0.3) is 6.08 Å². The van der Waals surface area contributed by atoms with Crippen molar-refractivity contribution in [1.29, 1.82) is 0 Å². The molecular weight excluding hydrogens is 502 g/mol. The smallest absolute Gasteiger partial charge is 0.265 e. The van der Waals surface area contributed by atoms with Crippen molar-refractivity contribution >= 4 is 35.3 Å². The number of thioether (sulfide) groups is 1. The van der Waals surface area contributed by atoms with Crippen LogP contribution in [0.3, 0.4) is 0 Å². The summed E-state index contributed by atoms with van der Waals surface area (Å²) >= 11 is 1.50. The zero-order valence-corrected chi connectivity index (χ0v) is 24.1. The topological polar surface area (TPSA) is 52.7 Å². The van der Waals surface area contributed by atoms with E-state index < -0.39 is 0 Å². The Morgan fingerprint density at radius 2 is 1.69 bits per heavy atom. The Morgan fingerprint density at radius 1 is 0.949 bits per heavy atom. The van der Waals surface area contributed by atoms with Gasteiger partial charge in [0.05, 0.1) is 17.1 Å². The first-order chi connectivity index (χ1) is 19.0. The van der Waals surface area contributed by atoms with E-state index in [1.165, 1.54) is 17.3 Å². The first-order valence-electron chi connectivity index (χ1n) is 13.9. The van der Waals surface area contributed by atoms with Gasteiger partial charge in [0.15, 0.2) is 0 Å². The summed E-state index contributed by atoms with van der Waals surface area (Å²) in [4.78, 5) is 32.3. The molecule has 204 valence electrons. The second-order valence-electron chi connectivity index (χ2n) is 10.0. The van der Waals surface area contributed by atoms with E-state index in [1.54, 1.807) is 0 Å². The van der Waals surface area contributed by atoms with Crippen molar-refractivity contribution in [2.24, 2.45) is 0 Å². The summed E-state index contributed by atoms with van der Waals surface area (Å²) in [5.74, 6) is -0.0738. The minimum Gasteiger partial charge on any atom is -0.352 e. The van der Waals surface area contributed by atoms with Crippen LogP contribution in [-0.2, 0) is 11.3 Å². The minimum atomic E-state index is -0.0619. The zero-order chi connectivity index (χ0) is 27.6. The highest BCUT2D eigenvalue weighted by Gasteiger charge is 2.29. The van der Waals surface area contributed by atoms with E-state index in [4.69, 9.17) is 0 Å². The van der Waals surface area contributed by atoms with E-state index in [0.717, 1.165) is 60.6 Å². The fraction of sp³-hybridized carbons (Fsp3) is 0.333. The number of fused-ring (bicyclic) bond motifs is 1. The number of hydrogen-bond donors (Lipinski definition) is 1. The van der Waals surface area contributed by atoms with Crippen molar-refractivity contribution in [3.05, 3.63) is 100.0 Å². The summed E-state index contributed by atoms with van der Waals surface area (Å²) in [7, 11) is 0. The maximum Gasteiger partial charge on any atom is 0.265 e. The average molecular weight is 542 g/mol. The lowest BCUT2D eigenvalue weighted by Gasteiger charge is -2.30. The molecule has 0 saturated heterocycles. The quantitative estimate of drug-likeness (QED) is 0.200. The van der Waals surface area contributed by atoms with Crippen LogP contribution in [0, 0.1) is 6.92 Å². The molecule has 0 unspecified atom stereocenters. The number of nitrogens with one attached hydrogen (secondary N) is 1. The summed E-state index contributed by atoms with van der Waals surface area (Å²) in [6.07, 6.45) is 5.16. The number of anilines is 1. The molecule has 0 spiro atoms.